The summed E-state index contributed by atoms with van der Waals surface area (Å²) in [6.07, 6.45) is -0.104. The lowest BCUT2D eigenvalue weighted by Gasteiger charge is -2.14. The summed E-state index contributed by atoms with van der Waals surface area (Å²) >= 11 is 3.06. The summed E-state index contributed by atoms with van der Waals surface area (Å²) in [6, 6.07) is 1.71. The van der Waals surface area contributed by atoms with E-state index in [0.29, 0.717) is 10.2 Å². The highest BCUT2D eigenvalue weighted by atomic mass is 79.9. The standard InChI is InChI=1S/C11H12BrFN2O4/c12-7-5-6(13)1-2-8(7)14-11(19)15-9(3-4-16)10(17)18/h1-2,5,9,16H,3-4H2,(H,17,18)(H2,14,15,19)/t9-/m1/s1. The molecule has 4 N–H and O–H groups in total. The normalized spacial score (nSPS) is 11.7. The van der Waals surface area contributed by atoms with Crippen molar-refractivity contribution in [2.45, 2.75) is 12.5 Å². The van der Waals surface area contributed by atoms with Crippen LogP contribution in [-0.2, 0) is 4.79 Å². The molecular formula is C11H12BrFN2O4. The highest BCUT2D eigenvalue weighted by molar-refractivity contribution is 9.10. The molecular weight excluding hydrogens is 323 g/mol. The summed E-state index contributed by atoms with van der Waals surface area (Å²) in [6.45, 7) is -0.364. The quantitative estimate of drug-likeness (QED) is 0.656. The monoisotopic (exact) mass is 334 g/mol. The number of aliphatic hydroxyl groups excluding tert-OH is 1. The number of anilines is 1. The Labute approximate surface area is 116 Å². The molecule has 1 rings (SSSR count). The second-order valence-corrected chi connectivity index (χ2v) is 4.48. The zero-order chi connectivity index (χ0) is 14.4. The summed E-state index contributed by atoms with van der Waals surface area (Å²) < 4.78 is 13.2. The van der Waals surface area contributed by atoms with Crippen molar-refractivity contribution in [3.05, 3.63) is 28.5 Å². The Morgan fingerprint density at radius 1 is 1.42 bits per heavy atom. The lowest BCUT2D eigenvalue weighted by atomic mass is 10.2. The Hall–Kier alpha value is -1.67. The van der Waals surface area contributed by atoms with Crippen LogP contribution in [0.1, 0.15) is 6.42 Å². The second kappa shape index (κ2) is 7.05. The first-order chi connectivity index (χ1) is 8.93. The minimum absolute atomic E-state index is 0.104. The molecule has 6 nitrogen and oxygen atoms in total. The minimum atomic E-state index is -1.25. The van der Waals surface area contributed by atoms with Gasteiger partial charge in [0.2, 0.25) is 0 Å². The molecule has 0 heterocycles. The van der Waals surface area contributed by atoms with Crippen molar-refractivity contribution in [3.8, 4) is 0 Å². The predicted octanol–water partition coefficient (Wildman–Crippen LogP) is 1.55. The molecule has 1 aromatic rings. The van der Waals surface area contributed by atoms with Crippen molar-refractivity contribution in [1.82, 2.24) is 5.32 Å². The molecule has 1 aromatic carbocycles. The van der Waals surface area contributed by atoms with E-state index in [2.05, 4.69) is 26.6 Å². The highest BCUT2D eigenvalue weighted by Gasteiger charge is 2.19. The highest BCUT2D eigenvalue weighted by Crippen LogP contribution is 2.22. The van der Waals surface area contributed by atoms with Crippen LogP contribution in [0.15, 0.2) is 22.7 Å². The Kier molecular flexibility index (Phi) is 5.71. The van der Waals surface area contributed by atoms with Gasteiger partial charge < -0.3 is 20.8 Å². The van der Waals surface area contributed by atoms with E-state index in [1.165, 1.54) is 6.07 Å². The Bertz CT molecular complexity index is 484. The van der Waals surface area contributed by atoms with Crippen molar-refractivity contribution < 1.29 is 24.2 Å². The smallest absolute Gasteiger partial charge is 0.326 e. The number of aliphatic hydroxyl groups is 1. The van der Waals surface area contributed by atoms with E-state index in [4.69, 9.17) is 10.2 Å². The summed E-state index contributed by atoms with van der Waals surface area (Å²) in [4.78, 5) is 22.3. The molecule has 0 radical (unpaired) electrons. The van der Waals surface area contributed by atoms with E-state index < -0.39 is 23.9 Å². The fourth-order valence-corrected chi connectivity index (χ4v) is 1.74. The van der Waals surface area contributed by atoms with E-state index in [1.54, 1.807) is 0 Å². The van der Waals surface area contributed by atoms with Crippen molar-refractivity contribution >= 4 is 33.6 Å². The van der Waals surface area contributed by atoms with Gasteiger partial charge in [-0.3, -0.25) is 0 Å². The van der Waals surface area contributed by atoms with E-state index in [1.807, 2.05) is 0 Å². The van der Waals surface area contributed by atoms with E-state index in [-0.39, 0.29) is 13.0 Å². The number of aliphatic carboxylic acids is 1. The van der Waals surface area contributed by atoms with Crippen LogP contribution >= 0.6 is 15.9 Å². The number of benzene rings is 1. The van der Waals surface area contributed by atoms with Gasteiger partial charge in [0.05, 0.1) is 5.69 Å². The maximum absolute atomic E-state index is 12.8. The van der Waals surface area contributed by atoms with Crippen molar-refractivity contribution in [3.63, 3.8) is 0 Å². The van der Waals surface area contributed by atoms with Gasteiger partial charge in [-0.05, 0) is 34.1 Å². The van der Waals surface area contributed by atoms with Gasteiger partial charge in [0, 0.05) is 17.5 Å². The summed E-state index contributed by atoms with van der Waals surface area (Å²) in [5.41, 5.74) is 0.298. The summed E-state index contributed by atoms with van der Waals surface area (Å²) in [5, 5.41) is 22.0. The Morgan fingerprint density at radius 2 is 2.11 bits per heavy atom. The number of urea groups is 1. The number of rotatable bonds is 5. The molecule has 0 spiro atoms. The largest absolute Gasteiger partial charge is 0.480 e. The third-order valence-corrected chi connectivity index (χ3v) is 2.86. The molecule has 0 aliphatic heterocycles. The zero-order valence-corrected chi connectivity index (χ0v) is 11.3. The van der Waals surface area contributed by atoms with Crippen LogP contribution in [-0.4, -0.2) is 34.9 Å². The molecule has 19 heavy (non-hydrogen) atoms. The van der Waals surface area contributed by atoms with Crippen LogP contribution < -0.4 is 10.6 Å². The van der Waals surface area contributed by atoms with Gasteiger partial charge in [-0.1, -0.05) is 0 Å². The van der Waals surface area contributed by atoms with Gasteiger partial charge in [-0.2, -0.15) is 0 Å². The fourth-order valence-electron chi connectivity index (χ4n) is 1.29. The van der Waals surface area contributed by atoms with Gasteiger partial charge in [-0.25, -0.2) is 14.0 Å². The maximum Gasteiger partial charge on any atom is 0.326 e. The van der Waals surface area contributed by atoms with Crippen molar-refractivity contribution in [2.75, 3.05) is 11.9 Å². The van der Waals surface area contributed by atoms with Crippen LogP contribution in [0.4, 0.5) is 14.9 Å². The third kappa shape index (κ3) is 4.84. The summed E-state index contributed by atoms with van der Waals surface area (Å²) in [7, 11) is 0. The first-order valence-corrected chi connectivity index (χ1v) is 6.09. The molecule has 104 valence electrons. The van der Waals surface area contributed by atoms with Crippen molar-refractivity contribution in [2.24, 2.45) is 0 Å². The Morgan fingerprint density at radius 3 is 2.63 bits per heavy atom. The number of halogens is 2. The van der Waals surface area contributed by atoms with Crippen LogP contribution in [0.25, 0.3) is 0 Å². The number of carbonyl (C=O) groups is 2. The van der Waals surface area contributed by atoms with Crippen molar-refractivity contribution in [1.29, 1.82) is 0 Å². The van der Waals surface area contributed by atoms with E-state index in [0.717, 1.165) is 12.1 Å². The fraction of sp³-hybridized carbons (Fsp3) is 0.273. The molecule has 1 atom stereocenters. The van der Waals surface area contributed by atoms with Crippen LogP contribution in [0, 0.1) is 5.82 Å². The van der Waals surface area contributed by atoms with Gasteiger partial charge >= 0.3 is 12.0 Å². The zero-order valence-electron chi connectivity index (χ0n) is 9.69. The molecule has 0 unspecified atom stereocenters. The minimum Gasteiger partial charge on any atom is -0.480 e. The molecule has 0 aromatic heterocycles. The maximum atomic E-state index is 12.8. The lowest BCUT2D eigenvalue weighted by Crippen LogP contribution is -2.43. The molecule has 0 saturated carbocycles. The molecule has 0 fully saturated rings. The van der Waals surface area contributed by atoms with Gasteiger partial charge in [-0.15, -0.1) is 0 Å². The SMILES string of the molecule is O=C(Nc1ccc(F)cc1Br)N[C@H](CCO)C(=O)O. The molecule has 2 amide bonds. The molecule has 0 saturated heterocycles. The average molecular weight is 335 g/mol. The number of amides is 2. The van der Waals surface area contributed by atoms with Crippen LogP contribution in [0.2, 0.25) is 0 Å². The van der Waals surface area contributed by atoms with Gasteiger partial charge in [0.25, 0.3) is 0 Å². The number of hydrogen-bond acceptors (Lipinski definition) is 3. The number of nitrogens with one attached hydrogen (secondary N) is 2. The first kappa shape index (κ1) is 15.4. The second-order valence-electron chi connectivity index (χ2n) is 3.63. The van der Waals surface area contributed by atoms with Gasteiger partial charge in [0.15, 0.2) is 0 Å². The van der Waals surface area contributed by atoms with Crippen LogP contribution in [0.3, 0.4) is 0 Å². The Balaban J connectivity index is 2.66. The summed E-state index contributed by atoms with van der Waals surface area (Å²) in [5.74, 6) is -1.72. The molecule has 0 bridgehead atoms. The lowest BCUT2D eigenvalue weighted by molar-refractivity contribution is -0.139. The first-order valence-electron chi connectivity index (χ1n) is 5.30. The molecule has 0 aliphatic carbocycles. The third-order valence-electron chi connectivity index (χ3n) is 2.20. The van der Waals surface area contributed by atoms with E-state index in [9.17, 15) is 14.0 Å². The number of hydrogen-bond donors (Lipinski definition) is 4. The van der Waals surface area contributed by atoms with Crippen LogP contribution in [0.5, 0.6) is 0 Å². The van der Waals surface area contributed by atoms with Gasteiger partial charge in [0.1, 0.15) is 11.9 Å². The predicted molar refractivity (Wildman–Crippen MR) is 69.4 cm³/mol. The molecule has 8 heteroatoms. The average Bonchev–Trinajstić information content (AvgIpc) is 2.32. The number of carbonyl (C=O) groups excluding carboxylic acids is 1. The number of carboxylic acid groups (broad SMARTS) is 1. The molecule has 0 aliphatic rings. The van der Waals surface area contributed by atoms with E-state index >= 15 is 0 Å². The number of carboxylic acids is 1. The topological polar surface area (TPSA) is 98.7 Å².